The predicted molar refractivity (Wildman–Crippen MR) is 98.3 cm³/mol. The second-order valence-corrected chi connectivity index (χ2v) is 5.41. The fourth-order valence-corrected chi connectivity index (χ4v) is 2.37. The van der Waals surface area contributed by atoms with Crippen molar-refractivity contribution < 1.29 is 14.5 Å². The smallest absolute Gasteiger partial charge is 0.310 e. The molecular formula is C19H15N3O4. The highest BCUT2D eigenvalue weighted by molar-refractivity contribution is 5.90. The Morgan fingerprint density at radius 2 is 1.81 bits per heavy atom. The van der Waals surface area contributed by atoms with Gasteiger partial charge in [0.05, 0.1) is 11.1 Å². The van der Waals surface area contributed by atoms with Crippen LogP contribution in [-0.2, 0) is 4.79 Å². The van der Waals surface area contributed by atoms with Crippen molar-refractivity contribution in [2.75, 3.05) is 6.61 Å². The third kappa shape index (κ3) is 4.21. The van der Waals surface area contributed by atoms with E-state index in [1.54, 1.807) is 6.07 Å². The predicted octanol–water partition coefficient (Wildman–Crippen LogP) is 3.28. The van der Waals surface area contributed by atoms with Crippen LogP contribution in [0.5, 0.6) is 5.75 Å². The van der Waals surface area contributed by atoms with Crippen LogP contribution in [0.1, 0.15) is 5.56 Å². The summed E-state index contributed by atoms with van der Waals surface area (Å²) in [5, 5.41) is 17.0. The first-order valence-electron chi connectivity index (χ1n) is 7.80. The van der Waals surface area contributed by atoms with Crippen molar-refractivity contribution in [3.63, 3.8) is 0 Å². The van der Waals surface area contributed by atoms with E-state index in [9.17, 15) is 14.9 Å². The molecule has 1 amide bonds. The molecule has 0 aliphatic carbocycles. The van der Waals surface area contributed by atoms with Crippen molar-refractivity contribution >= 4 is 28.6 Å². The first-order chi connectivity index (χ1) is 12.6. The fraction of sp³-hybridized carbons (Fsp3) is 0.0526. The summed E-state index contributed by atoms with van der Waals surface area (Å²) in [4.78, 5) is 22.1. The lowest BCUT2D eigenvalue weighted by atomic mass is 10.1. The van der Waals surface area contributed by atoms with Crippen LogP contribution in [0.25, 0.3) is 10.8 Å². The van der Waals surface area contributed by atoms with E-state index in [0.29, 0.717) is 0 Å². The number of rotatable bonds is 6. The molecule has 0 radical (unpaired) electrons. The van der Waals surface area contributed by atoms with Crippen LogP contribution in [0, 0.1) is 10.1 Å². The summed E-state index contributed by atoms with van der Waals surface area (Å²) >= 11 is 0. The maximum absolute atomic E-state index is 11.8. The standard InChI is InChI=1S/C19H15N3O4/c23-19(13-26-18-8-4-3-7-17(18)22(24)25)21-20-12-14-9-10-15-5-1-2-6-16(15)11-14/h1-12H,13H2,(H,21,23)/b20-12+. The summed E-state index contributed by atoms with van der Waals surface area (Å²) in [7, 11) is 0. The number of nitrogens with one attached hydrogen (secondary N) is 1. The molecule has 130 valence electrons. The number of hydrogen-bond donors (Lipinski definition) is 1. The molecule has 0 aliphatic heterocycles. The van der Waals surface area contributed by atoms with Gasteiger partial charge in [0.15, 0.2) is 12.4 Å². The molecule has 7 nitrogen and oxygen atoms in total. The van der Waals surface area contributed by atoms with E-state index in [1.165, 1.54) is 24.4 Å². The Kier molecular flexibility index (Phi) is 5.19. The molecule has 0 saturated carbocycles. The second-order valence-electron chi connectivity index (χ2n) is 5.41. The number of hydrazone groups is 1. The van der Waals surface area contributed by atoms with Crippen molar-refractivity contribution in [3.8, 4) is 5.75 Å². The van der Waals surface area contributed by atoms with Gasteiger partial charge in [-0.2, -0.15) is 5.10 Å². The van der Waals surface area contributed by atoms with Gasteiger partial charge in [0.25, 0.3) is 5.91 Å². The minimum Gasteiger partial charge on any atom is -0.477 e. The van der Waals surface area contributed by atoms with Gasteiger partial charge in [0.2, 0.25) is 0 Å². The van der Waals surface area contributed by atoms with Crippen molar-refractivity contribution in [3.05, 3.63) is 82.4 Å². The molecule has 0 unspecified atom stereocenters. The molecule has 0 aliphatic rings. The monoisotopic (exact) mass is 349 g/mol. The van der Waals surface area contributed by atoms with E-state index in [1.807, 2.05) is 42.5 Å². The molecule has 0 fully saturated rings. The Morgan fingerprint density at radius 1 is 1.08 bits per heavy atom. The lowest BCUT2D eigenvalue weighted by Gasteiger charge is -2.05. The SMILES string of the molecule is O=C(COc1ccccc1[N+](=O)[O-])N/N=C/c1ccc2ccccc2c1. The first-order valence-corrected chi connectivity index (χ1v) is 7.80. The van der Waals surface area contributed by atoms with Crippen molar-refractivity contribution in [2.24, 2.45) is 5.10 Å². The average Bonchev–Trinajstić information content (AvgIpc) is 2.66. The zero-order valence-electron chi connectivity index (χ0n) is 13.7. The van der Waals surface area contributed by atoms with Gasteiger partial charge in [-0.3, -0.25) is 14.9 Å². The van der Waals surface area contributed by atoms with E-state index in [-0.39, 0.29) is 18.0 Å². The first kappa shape index (κ1) is 17.1. The average molecular weight is 349 g/mol. The lowest BCUT2D eigenvalue weighted by molar-refractivity contribution is -0.385. The van der Waals surface area contributed by atoms with Crippen LogP contribution in [0.4, 0.5) is 5.69 Å². The van der Waals surface area contributed by atoms with Gasteiger partial charge in [-0.1, -0.05) is 48.5 Å². The van der Waals surface area contributed by atoms with Crippen LogP contribution < -0.4 is 10.2 Å². The van der Waals surface area contributed by atoms with Gasteiger partial charge in [-0.05, 0) is 28.5 Å². The number of hydrogen-bond acceptors (Lipinski definition) is 5. The normalized spacial score (nSPS) is 10.8. The molecule has 7 heteroatoms. The van der Waals surface area contributed by atoms with Crippen LogP contribution in [0.2, 0.25) is 0 Å². The number of ether oxygens (including phenoxy) is 1. The van der Waals surface area contributed by atoms with E-state index in [0.717, 1.165) is 16.3 Å². The van der Waals surface area contributed by atoms with Crippen LogP contribution in [0.3, 0.4) is 0 Å². The number of nitro groups is 1. The number of fused-ring (bicyclic) bond motifs is 1. The molecule has 1 N–H and O–H groups in total. The fourth-order valence-electron chi connectivity index (χ4n) is 2.37. The highest BCUT2D eigenvalue weighted by atomic mass is 16.6. The molecule has 26 heavy (non-hydrogen) atoms. The maximum atomic E-state index is 11.8. The Labute approximate surface area is 149 Å². The van der Waals surface area contributed by atoms with E-state index in [2.05, 4.69) is 10.5 Å². The number of nitro benzene ring substituents is 1. The molecule has 3 aromatic carbocycles. The van der Waals surface area contributed by atoms with Gasteiger partial charge in [0.1, 0.15) is 0 Å². The highest BCUT2D eigenvalue weighted by Gasteiger charge is 2.14. The largest absolute Gasteiger partial charge is 0.477 e. The van der Waals surface area contributed by atoms with E-state index < -0.39 is 10.8 Å². The minimum atomic E-state index is -0.564. The summed E-state index contributed by atoms with van der Waals surface area (Å²) in [5.74, 6) is -0.480. The molecular weight excluding hydrogens is 334 g/mol. The molecule has 0 spiro atoms. The Hall–Kier alpha value is -3.74. The van der Waals surface area contributed by atoms with Gasteiger partial charge < -0.3 is 4.74 Å². The zero-order chi connectivity index (χ0) is 18.4. The van der Waals surface area contributed by atoms with Gasteiger partial charge in [0, 0.05) is 6.07 Å². The van der Waals surface area contributed by atoms with Crippen LogP contribution >= 0.6 is 0 Å². The molecule has 0 aromatic heterocycles. The zero-order valence-corrected chi connectivity index (χ0v) is 13.7. The van der Waals surface area contributed by atoms with Gasteiger partial charge in [-0.25, -0.2) is 5.43 Å². The Balaban J connectivity index is 1.56. The topological polar surface area (TPSA) is 93.8 Å². The number of amides is 1. The Morgan fingerprint density at radius 3 is 2.62 bits per heavy atom. The molecule has 0 bridgehead atoms. The molecule has 3 rings (SSSR count). The number of para-hydroxylation sites is 2. The summed E-state index contributed by atoms with van der Waals surface area (Å²) in [6.45, 7) is -0.375. The molecule has 0 heterocycles. The van der Waals surface area contributed by atoms with Gasteiger partial charge in [-0.15, -0.1) is 0 Å². The lowest BCUT2D eigenvalue weighted by Crippen LogP contribution is -2.24. The van der Waals surface area contributed by atoms with Crippen LogP contribution in [-0.4, -0.2) is 23.7 Å². The molecule has 3 aromatic rings. The second kappa shape index (κ2) is 7.89. The van der Waals surface area contributed by atoms with E-state index in [4.69, 9.17) is 4.74 Å². The van der Waals surface area contributed by atoms with Crippen molar-refractivity contribution in [2.45, 2.75) is 0 Å². The molecule has 0 saturated heterocycles. The third-order valence-corrected chi connectivity index (χ3v) is 3.60. The summed E-state index contributed by atoms with van der Waals surface area (Å²) in [5.41, 5.74) is 2.98. The summed E-state index contributed by atoms with van der Waals surface area (Å²) in [6.07, 6.45) is 1.52. The number of carbonyl (C=O) groups is 1. The summed E-state index contributed by atoms with van der Waals surface area (Å²) < 4.78 is 5.19. The number of nitrogens with zero attached hydrogens (tertiary/aromatic N) is 2. The van der Waals surface area contributed by atoms with Crippen LogP contribution in [0.15, 0.2) is 71.8 Å². The number of benzene rings is 3. The third-order valence-electron chi connectivity index (χ3n) is 3.60. The van der Waals surface area contributed by atoms with E-state index >= 15 is 0 Å². The highest BCUT2D eigenvalue weighted by Crippen LogP contribution is 2.25. The maximum Gasteiger partial charge on any atom is 0.310 e. The minimum absolute atomic E-state index is 0.0335. The quantitative estimate of drug-likeness (QED) is 0.420. The Bertz CT molecular complexity index is 985. The van der Waals surface area contributed by atoms with Crippen molar-refractivity contribution in [1.29, 1.82) is 0 Å². The van der Waals surface area contributed by atoms with Crippen molar-refractivity contribution in [1.82, 2.24) is 5.43 Å². The molecule has 0 atom stereocenters. The number of carbonyl (C=O) groups excluding carboxylic acids is 1. The van der Waals surface area contributed by atoms with Gasteiger partial charge >= 0.3 is 5.69 Å². The summed E-state index contributed by atoms with van der Waals surface area (Å²) in [6, 6.07) is 19.6.